The Morgan fingerprint density at radius 1 is 1.41 bits per heavy atom. The van der Waals surface area contributed by atoms with Gasteiger partial charge in [0.05, 0.1) is 6.04 Å². The Bertz CT molecular complexity index is 542. The third kappa shape index (κ3) is 2.49. The Morgan fingerprint density at radius 3 is 2.76 bits per heavy atom. The van der Waals surface area contributed by atoms with Crippen LogP contribution in [0.4, 0.5) is 4.39 Å². The fraction of sp³-hybridized carbons (Fsp3) is 0.167. The zero-order valence-corrected chi connectivity index (χ0v) is 8.93. The number of rotatable bonds is 3. The molecule has 2 aromatic rings. The molecule has 0 aliphatic carbocycles. The summed E-state index contributed by atoms with van der Waals surface area (Å²) in [5.74, 6) is 2.75. The van der Waals surface area contributed by atoms with Crippen molar-refractivity contribution in [3.05, 3.63) is 36.0 Å². The van der Waals surface area contributed by atoms with E-state index >= 15 is 0 Å². The lowest BCUT2D eigenvalue weighted by Gasteiger charge is -1.98. The molecule has 0 amide bonds. The number of hydrogen-bond donors (Lipinski definition) is 1. The largest absolute Gasteiger partial charge is 0.337 e. The first-order valence-electron chi connectivity index (χ1n) is 4.99. The van der Waals surface area contributed by atoms with E-state index in [0.29, 0.717) is 17.8 Å². The molecule has 0 radical (unpaired) electrons. The number of nitrogens with zero attached hydrogens (tertiary/aromatic N) is 2. The highest BCUT2D eigenvalue weighted by Gasteiger charge is 2.14. The standard InChI is InChI=1S/C12H10FN3O/c1-2-3-10(14)12-15-11(16-17-12)8-4-6-9(13)7-5-8/h1,4-7,10H,3,14H2. The number of nitrogens with two attached hydrogens (primary N) is 1. The second kappa shape index (κ2) is 4.76. The Hall–Kier alpha value is -2.19. The van der Waals surface area contributed by atoms with Crippen LogP contribution in [0.2, 0.25) is 0 Å². The number of terminal acetylenes is 1. The summed E-state index contributed by atoms with van der Waals surface area (Å²) >= 11 is 0. The molecule has 5 heteroatoms. The Morgan fingerprint density at radius 2 is 2.12 bits per heavy atom. The smallest absolute Gasteiger partial charge is 0.244 e. The van der Waals surface area contributed by atoms with Gasteiger partial charge in [0.15, 0.2) is 0 Å². The summed E-state index contributed by atoms with van der Waals surface area (Å²) in [4.78, 5) is 4.11. The lowest BCUT2D eigenvalue weighted by Crippen LogP contribution is -2.09. The predicted octanol–water partition coefficient (Wildman–Crippen LogP) is 1.90. The van der Waals surface area contributed by atoms with Crippen LogP contribution in [0.15, 0.2) is 28.8 Å². The third-order valence-electron chi connectivity index (χ3n) is 2.20. The lowest BCUT2D eigenvalue weighted by molar-refractivity contribution is 0.357. The van der Waals surface area contributed by atoms with E-state index in [1.54, 1.807) is 12.1 Å². The van der Waals surface area contributed by atoms with Gasteiger partial charge in [0.2, 0.25) is 11.7 Å². The molecule has 0 spiro atoms. The van der Waals surface area contributed by atoms with Crippen LogP contribution in [0.25, 0.3) is 11.4 Å². The van der Waals surface area contributed by atoms with Crippen LogP contribution >= 0.6 is 0 Å². The molecule has 1 atom stereocenters. The van der Waals surface area contributed by atoms with Gasteiger partial charge in [-0.3, -0.25) is 0 Å². The molecule has 0 aliphatic rings. The van der Waals surface area contributed by atoms with Gasteiger partial charge in [0, 0.05) is 12.0 Å². The molecule has 4 nitrogen and oxygen atoms in total. The van der Waals surface area contributed by atoms with Gasteiger partial charge in [-0.15, -0.1) is 12.3 Å². The summed E-state index contributed by atoms with van der Waals surface area (Å²) in [5, 5.41) is 3.76. The highest BCUT2D eigenvalue weighted by molar-refractivity contribution is 5.53. The van der Waals surface area contributed by atoms with Gasteiger partial charge < -0.3 is 10.3 Å². The van der Waals surface area contributed by atoms with Crippen molar-refractivity contribution in [2.24, 2.45) is 5.73 Å². The van der Waals surface area contributed by atoms with Gasteiger partial charge in [-0.2, -0.15) is 4.98 Å². The summed E-state index contributed by atoms with van der Waals surface area (Å²) in [6, 6.07) is 5.31. The first-order valence-corrected chi connectivity index (χ1v) is 4.99. The second-order valence-corrected chi connectivity index (χ2v) is 3.48. The molecular weight excluding hydrogens is 221 g/mol. The van der Waals surface area contributed by atoms with Crippen LogP contribution in [0, 0.1) is 18.2 Å². The van der Waals surface area contributed by atoms with Crippen LogP contribution in [0.1, 0.15) is 18.4 Å². The van der Waals surface area contributed by atoms with Crippen LogP contribution in [-0.4, -0.2) is 10.1 Å². The number of benzene rings is 1. The molecule has 0 aliphatic heterocycles. The fourth-order valence-electron chi connectivity index (χ4n) is 1.32. The quantitative estimate of drug-likeness (QED) is 0.819. The van der Waals surface area contributed by atoms with Crippen molar-refractivity contribution in [3.8, 4) is 23.7 Å². The minimum Gasteiger partial charge on any atom is -0.337 e. The van der Waals surface area contributed by atoms with E-state index in [1.165, 1.54) is 12.1 Å². The van der Waals surface area contributed by atoms with E-state index in [-0.39, 0.29) is 11.7 Å². The molecular formula is C12H10FN3O. The SMILES string of the molecule is C#CCC(N)c1nc(-c2ccc(F)cc2)no1. The van der Waals surface area contributed by atoms with Crippen LogP contribution in [-0.2, 0) is 0 Å². The molecule has 1 aromatic carbocycles. The first kappa shape index (κ1) is 11.3. The van der Waals surface area contributed by atoms with Crippen molar-refractivity contribution in [2.75, 3.05) is 0 Å². The monoisotopic (exact) mass is 231 g/mol. The highest BCUT2D eigenvalue weighted by atomic mass is 19.1. The van der Waals surface area contributed by atoms with Crippen molar-refractivity contribution < 1.29 is 8.91 Å². The second-order valence-electron chi connectivity index (χ2n) is 3.48. The van der Waals surface area contributed by atoms with Crippen LogP contribution in [0.5, 0.6) is 0 Å². The normalized spacial score (nSPS) is 12.1. The molecule has 86 valence electrons. The van der Waals surface area contributed by atoms with Crippen LogP contribution in [0.3, 0.4) is 0 Å². The number of aromatic nitrogens is 2. The minimum atomic E-state index is -0.471. The zero-order valence-electron chi connectivity index (χ0n) is 8.93. The molecule has 1 unspecified atom stereocenters. The summed E-state index contributed by atoms with van der Waals surface area (Å²) in [6.45, 7) is 0. The molecule has 17 heavy (non-hydrogen) atoms. The van der Waals surface area contributed by atoms with E-state index in [2.05, 4.69) is 16.1 Å². The van der Waals surface area contributed by atoms with Crippen molar-refractivity contribution >= 4 is 0 Å². The van der Waals surface area contributed by atoms with E-state index in [0.717, 1.165) is 0 Å². The maximum Gasteiger partial charge on any atom is 0.244 e. The average molecular weight is 231 g/mol. The van der Waals surface area contributed by atoms with Crippen LogP contribution < -0.4 is 5.73 Å². The van der Waals surface area contributed by atoms with Gasteiger partial charge in [0.1, 0.15) is 5.82 Å². The molecule has 1 heterocycles. The van der Waals surface area contributed by atoms with E-state index in [9.17, 15) is 4.39 Å². The Balaban J connectivity index is 2.24. The maximum absolute atomic E-state index is 12.7. The summed E-state index contributed by atoms with van der Waals surface area (Å²) in [5.41, 5.74) is 6.38. The summed E-state index contributed by atoms with van der Waals surface area (Å²) in [6.07, 6.45) is 5.46. The van der Waals surface area contributed by atoms with E-state index in [1.807, 2.05) is 0 Å². The lowest BCUT2D eigenvalue weighted by atomic mass is 10.2. The van der Waals surface area contributed by atoms with Crippen molar-refractivity contribution in [2.45, 2.75) is 12.5 Å². The van der Waals surface area contributed by atoms with Gasteiger partial charge in [-0.05, 0) is 24.3 Å². The molecule has 1 aromatic heterocycles. The van der Waals surface area contributed by atoms with Crippen molar-refractivity contribution in [3.63, 3.8) is 0 Å². The van der Waals surface area contributed by atoms with Gasteiger partial charge in [-0.25, -0.2) is 4.39 Å². The van der Waals surface area contributed by atoms with Gasteiger partial charge in [0.25, 0.3) is 0 Å². The van der Waals surface area contributed by atoms with Gasteiger partial charge >= 0.3 is 0 Å². The summed E-state index contributed by atoms with van der Waals surface area (Å²) < 4.78 is 17.7. The molecule has 0 fully saturated rings. The van der Waals surface area contributed by atoms with Crippen molar-refractivity contribution in [1.82, 2.24) is 10.1 Å². The highest BCUT2D eigenvalue weighted by Crippen LogP contribution is 2.19. The van der Waals surface area contributed by atoms with E-state index in [4.69, 9.17) is 16.7 Å². The van der Waals surface area contributed by atoms with Gasteiger partial charge in [-0.1, -0.05) is 5.16 Å². The number of halogens is 1. The molecule has 0 saturated carbocycles. The summed E-state index contributed by atoms with van der Waals surface area (Å²) in [7, 11) is 0. The average Bonchev–Trinajstić information content (AvgIpc) is 2.80. The topological polar surface area (TPSA) is 64.9 Å². The van der Waals surface area contributed by atoms with Crippen molar-refractivity contribution in [1.29, 1.82) is 0 Å². The molecule has 2 N–H and O–H groups in total. The predicted molar refractivity (Wildman–Crippen MR) is 60.1 cm³/mol. The zero-order chi connectivity index (χ0) is 12.3. The minimum absolute atomic E-state index is 0.280. The van der Waals surface area contributed by atoms with E-state index < -0.39 is 6.04 Å². The molecule has 0 saturated heterocycles. The number of hydrogen-bond acceptors (Lipinski definition) is 4. The fourth-order valence-corrected chi connectivity index (χ4v) is 1.32. The maximum atomic E-state index is 12.7. The molecule has 2 rings (SSSR count). The third-order valence-corrected chi connectivity index (χ3v) is 2.20. The first-order chi connectivity index (χ1) is 8.20. The Labute approximate surface area is 97.6 Å². The molecule has 0 bridgehead atoms. The Kier molecular flexibility index (Phi) is 3.17.